The van der Waals surface area contributed by atoms with Gasteiger partial charge in [0.2, 0.25) is 5.91 Å². The number of halogens is 3. The summed E-state index contributed by atoms with van der Waals surface area (Å²) in [5.74, 6) is -1.85. The normalized spacial score (nSPS) is 18.4. The molecule has 1 aliphatic heterocycles. The van der Waals surface area contributed by atoms with Gasteiger partial charge < -0.3 is 9.64 Å². The molecule has 2 amide bonds. The van der Waals surface area contributed by atoms with Gasteiger partial charge in [-0.05, 0) is 59.7 Å². The molecule has 7 nitrogen and oxygen atoms in total. The van der Waals surface area contributed by atoms with E-state index in [1.807, 2.05) is 0 Å². The number of hydrogen-bond acceptors (Lipinski definition) is 5. The van der Waals surface area contributed by atoms with Gasteiger partial charge in [0.15, 0.2) is 6.10 Å². The average molecular weight is 582 g/mol. The number of nitrogens with one attached hydrogen (secondary N) is 1. The molecule has 11 heteroatoms. The highest BCUT2D eigenvalue weighted by molar-refractivity contribution is 9.10. The van der Waals surface area contributed by atoms with Crippen molar-refractivity contribution in [2.24, 2.45) is 0 Å². The smallest absolute Gasteiger partial charge is 0.265 e. The number of nitrogens with zero attached hydrogens (tertiary/aromatic N) is 1. The molecule has 0 aromatic heterocycles. The lowest BCUT2D eigenvalue weighted by atomic mass is 9.96. The molecular formula is C24H19BrClFN2O5S. The Balaban J connectivity index is 1.68. The van der Waals surface area contributed by atoms with E-state index in [0.717, 1.165) is 0 Å². The number of morpholine rings is 1. The lowest BCUT2D eigenvalue weighted by Crippen LogP contribution is -2.54. The third-order valence-electron chi connectivity index (χ3n) is 5.40. The van der Waals surface area contributed by atoms with Crippen molar-refractivity contribution >= 4 is 49.4 Å². The van der Waals surface area contributed by atoms with E-state index in [1.54, 1.807) is 30.3 Å². The summed E-state index contributed by atoms with van der Waals surface area (Å²) in [4.78, 5) is 27.3. The monoisotopic (exact) mass is 580 g/mol. The maximum Gasteiger partial charge on any atom is 0.265 e. The molecule has 4 rings (SSSR count). The fraction of sp³-hybridized carbons (Fsp3) is 0.167. The molecule has 0 bridgehead atoms. The minimum absolute atomic E-state index is 0.0174. The summed E-state index contributed by atoms with van der Waals surface area (Å²) < 4.78 is 47.7. The Morgan fingerprint density at radius 3 is 2.46 bits per heavy atom. The van der Waals surface area contributed by atoms with Crippen LogP contribution in [0.25, 0.3) is 0 Å². The molecule has 0 aliphatic carbocycles. The molecule has 0 saturated carbocycles. The van der Waals surface area contributed by atoms with E-state index in [9.17, 15) is 22.4 Å². The van der Waals surface area contributed by atoms with Gasteiger partial charge in [0.1, 0.15) is 12.4 Å². The number of hydrogen-bond donors (Lipinski definition) is 1. The van der Waals surface area contributed by atoms with Crippen molar-refractivity contribution in [3.63, 3.8) is 0 Å². The molecule has 2 atom stereocenters. The number of carbonyl (C=O) groups excluding carboxylic acids is 2. The predicted octanol–water partition coefficient (Wildman–Crippen LogP) is 4.22. The van der Waals surface area contributed by atoms with Gasteiger partial charge in [-0.15, -0.1) is 0 Å². The van der Waals surface area contributed by atoms with Gasteiger partial charge >= 0.3 is 0 Å². The first kappa shape index (κ1) is 25.3. The topological polar surface area (TPSA) is 92.8 Å². The first-order chi connectivity index (χ1) is 16.6. The number of sulfonamides is 1. The van der Waals surface area contributed by atoms with Crippen LogP contribution in [-0.4, -0.2) is 37.8 Å². The summed E-state index contributed by atoms with van der Waals surface area (Å²) >= 11 is 9.25. The molecule has 182 valence electrons. The van der Waals surface area contributed by atoms with Crippen LogP contribution in [0, 0.1) is 5.82 Å². The molecule has 1 fully saturated rings. The largest absolute Gasteiger partial charge is 0.356 e. The van der Waals surface area contributed by atoms with Crippen LogP contribution in [0.15, 0.2) is 82.2 Å². The standard InChI is InChI=1S/C24H19BrClFN2O5S/c25-17-6-10-20(11-7-17)35(32,33)28-24(31)23-22(16-4-8-18(26)9-5-16)29(21(30)14-34-23)13-15-2-1-3-19(27)12-15/h1-12,22-23H,13-14H2,(H,28,31)/t22-,23-/m1/s1. The SMILES string of the molecule is O=C(NS(=O)(=O)c1ccc(Br)cc1)[C@@H]1OCC(=O)N(Cc2cccc(F)c2)[C@@H]1c1ccc(Cl)cc1. The maximum absolute atomic E-state index is 13.8. The van der Waals surface area contributed by atoms with Crippen molar-refractivity contribution in [1.29, 1.82) is 0 Å². The molecule has 35 heavy (non-hydrogen) atoms. The van der Waals surface area contributed by atoms with Crippen molar-refractivity contribution in [2.75, 3.05) is 6.61 Å². The molecule has 0 radical (unpaired) electrons. The van der Waals surface area contributed by atoms with E-state index in [2.05, 4.69) is 20.7 Å². The van der Waals surface area contributed by atoms with Crippen molar-refractivity contribution in [3.05, 3.63) is 99.2 Å². The van der Waals surface area contributed by atoms with Gasteiger partial charge in [-0.3, -0.25) is 9.59 Å². The minimum Gasteiger partial charge on any atom is -0.356 e. The molecule has 3 aromatic carbocycles. The van der Waals surface area contributed by atoms with Crippen LogP contribution in [0.2, 0.25) is 5.02 Å². The van der Waals surface area contributed by atoms with Gasteiger partial charge in [-0.1, -0.05) is 51.8 Å². The molecular weight excluding hydrogens is 563 g/mol. The number of amides is 2. The third kappa shape index (κ3) is 5.90. The van der Waals surface area contributed by atoms with E-state index in [-0.39, 0.29) is 11.4 Å². The van der Waals surface area contributed by atoms with Crippen LogP contribution in [0.1, 0.15) is 17.2 Å². The minimum atomic E-state index is -4.21. The third-order valence-corrected chi connectivity index (χ3v) is 7.54. The molecule has 0 spiro atoms. The number of carbonyl (C=O) groups is 2. The van der Waals surface area contributed by atoms with Crippen molar-refractivity contribution in [3.8, 4) is 0 Å². The number of rotatable bonds is 6. The summed E-state index contributed by atoms with van der Waals surface area (Å²) in [6.45, 7) is -0.466. The quantitative estimate of drug-likeness (QED) is 0.471. The van der Waals surface area contributed by atoms with E-state index < -0.39 is 46.4 Å². The molecule has 1 heterocycles. The van der Waals surface area contributed by atoms with Crippen LogP contribution < -0.4 is 4.72 Å². The zero-order valence-corrected chi connectivity index (χ0v) is 21.2. The lowest BCUT2D eigenvalue weighted by Gasteiger charge is -2.40. The first-order valence-electron chi connectivity index (χ1n) is 10.4. The van der Waals surface area contributed by atoms with Crippen molar-refractivity contribution < 1.29 is 27.1 Å². The van der Waals surface area contributed by atoms with Crippen LogP contribution in [0.5, 0.6) is 0 Å². The highest BCUT2D eigenvalue weighted by Gasteiger charge is 2.43. The van der Waals surface area contributed by atoms with Crippen LogP contribution >= 0.6 is 27.5 Å². The Kier molecular flexibility index (Phi) is 7.56. The summed E-state index contributed by atoms with van der Waals surface area (Å²) in [6, 6.07) is 16.9. The predicted molar refractivity (Wildman–Crippen MR) is 130 cm³/mol. The summed E-state index contributed by atoms with van der Waals surface area (Å²) in [6.07, 6.45) is -1.35. The average Bonchev–Trinajstić information content (AvgIpc) is 2.81. The Morgan fingerprint density at radius 1 is 1.11 bits per heavy atom. The first-order valence-corrected chi connectivity index (χ1v) is 13.0. The second-order valence-electron chi connectivity index (χ2n) is 7.80. The van der Waals surface area contributed by atoms with E-state index in [4.69, 9.17) is 16.3 Å². The summed E-state index contributed by atoms with van der Waals surface area (Å²) in [7, 11) is -4.21. The van der Waals surface area contributed by atoms with Crippen LogP contribution in [-0.2, 0) is 30.9 Å². The van der Waals surface area contributed by atoms with E-state index in [0.29, 0.717) is 20.6 Å². The van der Waals surface area contributed by atoms with Crippen LogP contribution in [0.4, 0.5) is 4.39 Å². The van der Waals surface area contributed by atoms with Crippen LogP contribution in [0.3, 0.4) is 0 Å². The molecule has 1 N–H and O–H groups in total. The fourth-order valence-corrected chi connectivity index (χ4v) is 5.15. The zero-order valence-electron chi connectivity index (χ0n) is 18.0. The van der Waals surface area contributed by atoms with Gasteiger partial charge in [0, 0.05) is 16.0 Å². The summed E-state index contributed by atoms with van der Waals surface area (Å²) in [5, 5.41) is 0.437. The second kappa shape index (κ2) is 10.4. The van der Waals surface area contributed by atoms with Gasteiger partial charge in [-0.2, -0.15) is 0 Å². The Labute approximate surface area is 215 Å². The zero-order chi connectivity index (χ0) is 25.2. The Morgan fingerprint density at radius 2 is 1.80 bits per heavy atom. The van der Waals surface area contributed by atoms with Crippen molar-refractivity contribution in [1.82, 2.24) is 9.62 Å². The van der Waals surface area contributed by atoms with Gasteiger partial charge in [0.25, 0.3) is 15.9 Å². The highest BCUT2D eigenvalue weighted by atomic mass is 79.9. The van der Waals surface area contributed by atoms with E-state index in [1.165, 1.54) is 47.4 Å². The van der Waals surface area contributed by atoms with E-state index >= 15 is 0 Å². The fourth-order valence-electron chi connectivity index (χ4n) is 3.77. The Bertz CT molecular complexity index is 1350. The molecule has 0 unspecified atom stereocenters. The lowest BCUT2D eigenvalue weighted by molar-refractivity contribution is -0.164. The van der Waals surface area contributed by atoms with Gasteiger partial charge in [-0.25, -0.2) is 17.5 Å². The highest BCUT2D eigenvalue weighted by Crippen LogP contribution is 2.33. The molecule has 3 aromatic rings. The summed E-state index contributed by atoms with van der Waals surface area (Å²) in [5.41, 5.74) is 1.00. The number of ether oxygens (including phenoxy) is 1. The Hall–Kier alpha value is -2.79. The maximum atomic E-state index is 13.8. The van der Waals surface area contributed by atoms with Crippen molar-refractivity contribution in [2.45, 2.75) is 23.6 Å². The second-order valence-corrected chi connectivity index (χ2v) is 10.8. The molecule has 1 aliphatic rings. The molecule has 1 saturated heterocycles. The van der Waals surface area contributed by atoms with Gasteiger partial charge in [0.05, 0.1) is 10.9 Å². The number of benzene rings is 3.